The summed E-state index contributed by atoms with van der Waals surface area (Å²) in [5.74, 6) is -2.64. The second kappa shape index (κ2) is 9.86. The molecular formula is C23H26N2O7S. The van der Waals surface area contributed by atoms with Gasteiger partial charge in [0, 0.05) is 6.54 Å². The van der Waals surface area contributed by atoms with Crippen LogP contribution in [0.15, 0.2) is 17.5 Å². The summed E-state index contributed by atoms with van der Waals surface area (Å²) in [6, 6.07) is 0. The Balaban J connectivity index is 1.27. The number of nitrogens with one attached hydrogen (secondary N) is 1. The highest BCUT2D eigenvalue weighted by molar-refractivity contribution is 7.15. The smallest absolute Gasteiger partial charge is 0.341 e. The monoisotopic (exact) mass is 474 g/mol. The molecular weight excluding hydrogens is 448 g/mol. The van der Waals surface area contributed by atoms with Crippen molar-refractivity contribution in [2.75, 3.05) is 25.1 Å². The number of ether oxygens (including phenoxy) is 2. The number of rotatable bonds is 9. The summed E-state index contributed by atoms with van der Waals surface area (Å²) in [6.45, 7) is 1.35. The number of hydrogen-bond acceptors (Lipinski definition) is 8. The molecule has 2 atom stereocenters. The first-order valence-corrected chi connectivity index (χ1v) is 12.0. The van der Waals surface area contributed by atoms with Crippen molar-refractivity contribution < 1.29 is 33.4 Å². The molecule has 2 heterocycles. The van der Waals surface area contributed by atoms with Gasteiger partial charge in [-0.3, -0.25) is 24.1 Å². The molecule has 33 heavy (non-hydrogen) atoms. The van der Waals surface area contributed by atoms with E-state index in [0.717, 1.165) is 23.3 Å². The average molecular weight is 475 g/mol. The van der Waals surface area contributed by atoms with E-state index in [1.807, 2.05) is 17.5 Å². The number of hydrogen-bond donors (Lipinski definition) is 1. The fraction of sp³-hybridized carbons (Fsp3) is 0.522. The maximum Gasteiger partial charge on any atom is 0.341 e. The maximum atomic E-state index is 12.4. The van der Waals surface area contributed by atoms with Gasteiger partial charge in [0.15, 0.2) is 6.61 Å². The topological polar surface area (TPSA) is 119 Å². The fourth-order valence-electron chi connectivity index (χ4n) is 4.25. The first-order valence-electron chi connectivity index (χ1n) is 11.1. The van der Waals surface area contributed by atoms with E-state index in [0.29, 0.717) is 29.3 Å². The molecule has 0 spiro atoms. The van der Waals surface area contributed by atoms with Crippen molar-refractivity contribution in [1.29, 1.82) is 0 Å². The minimum atomic E-state index is -0.686. The molecule has 1 N–H and O–H groups in total. The van der Waals surface area contributed by atoms with Gasteiger partial charge in [0.25, 0.3) is 5.91 Å². The molecule has 0 radical (unpaired) electrons. The number of esters is 2. The van der Waals surface area contributed by atoms with E-state index in [1.54, 1.807) is 6.92 Å². The highest BCUT2D eigenvalue weighted by atomic mass is 32.1. The van der Waals surface area contributed by atoms with Gasteiger partial charge in [-0.25, -0.2) is 4.79 Å². The standard InChI is InChI=1S/C23H26N2O7S/c1-2-31-23(30)19-16(13-7-8-13)12-33-20(19)24-17(26)11-32-18(27)9-10-25-21(28)14-5-3-4-6-15(14)22(25)29/h3-4,12-15H,2,5-11H2,1H3,(H,24,26)/t14-,15-/m0/s1. The minimum Gasteiger partial charge on any atom is -0.462 e. The van der Waals surface area contributed by atoms with Gasteiger partial charge in [-0.1, -0.05) is 12.2 Å². The first-order chi connectivity index (χ1) is 15.9. The fourth-order valence-corrected chi connectivity index (χ4v) is 5.29. The number of anilines is 1. The highest BCUT2D eigenvalue weighted by Gasteiger charge is 2.47. The first kappa shape index (κ1) is 23.2. The zero-order chi connectivity index (χ0) is 23.5. The molecule has 3 aliphatic rings. The van der Waals surface area contributed by atoms with Crippen LogP contribution in [0.2, 0.25) is 0 Å². The van der Waals surface area contributed by atoms with Crippen molar-refractivity contribution in [3.05, 3.63) is 28.7 Å². The Kier molecular flexibility index (Phi) is 6.92. The molecule has 0 aromatic carbocycles. The average Bonchev–Trinajstić information content (AvgIpc) is 3.52. The van der Waals surface area contributed by atoms with Crippen LogP contribution < -0.4 is 5.32 Å². The van der Waals surface area contributed by atoms with Gasteiger partial charge >= 0.3 is 11.9 Å². The van der Waals surface area contributed by atoms with Crippen LogP contribution in [-0.2, 0) is 28.7 Å². The molecule has 3 amide bonds. The molecule has 2 aliphatic carbocycles. The molecule has 0 unspecified atom stereocenters. The van der Waals surface area contributed by atoms with E-state index in [4.69, 9.17) is 9.47 Å². The number of fused-ring (bicyclic) bond motifs is 1. The van der Waals surface area contributed by atoms with Crippen molar-refractivity contribution in [2.45, 2.75) is 44.9 Å². The Morgan fingerprint density at radius 1 is 1.09 bits per heavy atom. The van der Waals surface area contributed by atoms with Crippen molar-refractivity contribution >= 4 is 46.0 Å². The van der Waals surface area contributed by atoms with E-state index >= 15 is 0 Å². The van der Waals surface area contributed by atoms with Crippen LogP contribution in [-0.4, -0.2) is 54.3 Å². The van der Waals surface area contributed by atoms with Gasteiger partial charge in [0.1, 0.15) is 5.00 Å². The molecule has 4 rings (SSSR count). The maximum absolute atomic E-state index is 12.4. The molecule has 0 bridgehead atoms. The van der Waals surface area contributed by atoms with E-state index < -0.39 is 24.5 Å². The lowest BCUT2D eigenvalue weighted by molar-refractivity contribution is -0.148. The summed E-state index contributed by atoms with van der Waals surface area (Å²) in [5.41, 5.74) is 1.24. The lowest BCUT2D eigenvalue weighted by Gasteiger charge is -2.14. The zero-order valence-corrected chi connectivity index (χ0v) is 19.2. The summed E-state index contributed by atoms with van der Waals surface area (Å²) in [4.78, 5) is 62.8. The molecule has 10 heteroatoms. The van der Waals surface area contributed by atoms with Crippen LogP contribution >= 0.6 is 11.3 Å². The molecule has 1 saturated carbocycles. The van der Waals surface area contributed by atoms with E-state index in [1.165, 1.54) is 11.3 Å². The van der Waals surface area contributed by atoms with Crippen molar-refractivity contribution in [2.24, 2.45) is 11.8 Å². The van der Waals surface area contributed by atoms with Gasteiger partial charge in [0.2, 0.25) is 11.8 Å². The zero-order valence-electron chi connectivity index (χ0n) is 18.3. The number of thiophene rings is 1. The van der Waals surface area contributed by atoms with Crippen LogP contribution in [0.4, 0.5) is 5.00 Å². The Hall–Kier alpha value is -3.01. The van der Waals surface area contributed by atoms with Gasteiger partial charge in [0.05, 0.1) is 30.4 Å². The number of nitrogens with zero attached hydrogens (tertiary/aromatic N) is 1. The van der Waals surface area contributed by atoms with Crippen LogP contribution in [0.25, 0.3) is 0 Å². The lowest BCUT2D eigenvalue weighted by atomic mass is 9.85. The second-order valence-electron chi connectivity index (χ2n) is 8.33. The molecule has 1 aliphatic heterocycles. The third-order valence-corrected chi connectivity index (χ3v) is 6.99. The van der Waals surface area contributed by atoms with E-state index in [2.05, 4.69) is 5.32 Å². The van der Waals surface area contributed by atoms with E-state index in [-0.39, 0.29) is 43.2 Å². The highest BCUT2D eigenvalue weighted by Crippen LogP contribution is 2.46. The van der Waals surface area contributed by atoms with Crippen LogP contribution in [0.3, 0.4) is 0 Å². The van der Waals surface area contributed by atoms with Crippen LogP contribution in [0, 0.1) is 11.8 Å². The van der Waals surface area contributed by atoms with Crippen LogP contribution in [0.1, 0.15) is 60.9 Å². The van der Waals surface area contributed by atoms with Gasteiger partial charge < -0.3 is 14.8 Å². The Labute approximate surface area is 195 Å². The third kappa shape index (κ3) is 5.00. The molecule has 1 saturated heterocycles. The summed E-state index contributed by atoms with van der Waals surface area (Å²) >= 11 is 1.24. The van der Waals surface area contributed by atoms with Gasteiger partial charge in [-0.15, -0.1) is 11.3 Å². The minimum absolute atomic E-state index is 0.0617. The summed E-state index contributed by atoms with van der Waals surface area (Å²) in [5, 5.41) is 4.86. The summed E-state index contributed by atoms with van der Waals surface area (Å²) in [7, 11) is 0. The normalized spacial score (nSPS) is 21.7. The molecule has 176 valence electrons. The third-order valence-electron chi connectivity index (χ3n) is 6.07. The second-order valence-corrected chi connectivity index (χ2v) is 9.21. The number of amides is 3. The molecule has 1 aromatic heterocycles. The summed E-state index contributed by atoms with van der Waals surface area (Å²) in [6.07, 6.45) is 6.68. The number of imide groups is 1. The quantitative estimate of drug-likeness (QED) is 0.332. The van der Waals surface area contributed by atoms with Crippen molar-refractivity contribution in [3.63, 3.8) is 0 Å². The Bertz CT molecular complexity index is 984. The van der Waals surface area contributed by atoms with Crippen LogP contribution in [0.5, 0.6) is 0 Å². The Morgan fingerprint density at radius 2 is 1.76 bits per heavy atom. The van der Waals surface area contributed by atoms with Gasteiger partial charge in [-0.2, -0.15) is 0 Å². The molecule has 1 aromatic rings. The van der Waals surface area contributed by atoms with Crippen molar-refractivity contribution in [3.8, 4) is 0 Å². The SMILES string of the molecule is CCOC(=O)c1c(C2CC2)csc1NC(=O)COC(=O)CCN1C(=O)[C@H]2CC=CC[C@@H]2C1=O. The number of allylic oxidation sites excluding steroid dienone is 2. The number of carbonyl (C=O) groups is 5. The number of carbonyl (C=O) groups excluding carboxylic acids is 5. The molecule has 9 nitrogen and oxygen atoms in total. The Morgan fingerprint density at radius 3 is 2.36 bits per heavy atom. The predicted octanol–water partition coefficient (Wildman–Crippen LogP) is 2.63. The van der Waals surface area contributed by atoms with E-state index in [9.17, 15) is 24.0 Å². The largest absolute Gasteiger partial charge is 0.462 e. The number of likely N-dealkylation sites (tertiary alicyclic amines) is 1. The molecule has 2 fully saturated rings. The summed E-state index contributed by atoms with van der Waals surface area (Å²) < 4.78 is 10.1. The van der Waals surface area contributed by atoms with Crippen molar-refractivity contribution in [1.82, 2.24) is 4.90 Å². The van der Waals surface area contributed by atoms with Gasteiger partial charge in [-0.05, 0) is 49.5 Å². The predicted molar refractivity (Wildman–Crippen MR) is 119 cm³/mol. The lowest BCUT2D eigenvalue weighted by Crippen LogP contribution is -2.33.